The first-order valence-corrected chi connectivity index (χ1v) is 7.00. The number of hydrogen-bond donors (Lipinski definition) is 2. The molecule has 1 fully saturated rings. The summed E-state index contributed by atoms with van der Waals surface area (Å²) >= 11 is 0. The highest BCUT2D eigenvalue weighted by molar-refractivity contribution is 5.85. The standard InChI is InChI=1S/C14H26N2O3/c1-9(2)12(8-16(3)4)15-13(17)10-6-5-7-11(10)14(18)19/h9-12H,5-8H2,1-4H3,(H,15,17)(H,18,19). The number of carboxylic acids is 1. The number of aliphatic carboxylic acids is 1. The highest BCUT2D eigenvalue weighted by Gasteiger charge is 2.38. The van der Waals surface area contributed by atoms with Crippen molar-refractivity contribution in [2.24, 2.45) is 17.8 Å². The summed E-state index contributed by atoms with van der Waals surface area (Å²) in [7, 11) is 3.94. The summed E-state index contributed by atoms with van der Waals surface area (Å²) in [6, 6.07) is 0.0672. The molecule has 0 aliphatic heterocycles. The molecule has 5 nitrogen and oxygen atoms in total. The fraction of sp³-hybridized carbons (Fsp3) is 0.857. The zero-order valence-corrected chi connectivity index (χ0v) is 12.3. The summed E-state index contributed by atoms with van der Waals surface area (Å²) in [5, 5.41) is 12.2. The van der Waals surface area contributed by atoms with Crippen LogP contribution in [0.3, 0.4) is 0 Å². The van der Waals surface area contributed by atoms with Crippen LogP contribution in [0.4, 0.5) is 0 Å². The fourth-order valence-electron chi connectivity index (χ4n) is 2.68. The number of hydrogen-bond acceptors (Lipinski definition) is 3. The lowest BCUT2D eigenvalue weighted by atomic mass is 9.94. The Morgan fingerprint density at radius 2 is 1.84 bits per heavy atom. The van der Waals surface area contributed by atoms with Crippen molar-refractivity contribution in [3.8, 4) is 0 Å². The van der Waals surface area contributed by atoms with Crippen LogP contribution in [0.2, 0.25) is 0 Å². The zero-order chi connectivity index (χ0) is 14.6. The van der Waals surface area contributed by atoms with E-state index in [1.165, 1.54) is 0 Å². The van der Waals surface area contributed by atoms with Gasteiger partial charge in [-0.3, -0.25) is 9.59 Å². The maximum Gasteiger partial charge on any atom is 0.307 e. The minimum atomic E-state index is -0.841. The summed E-state index contributed by atoms with van der Waals surface area (Å²) in [5.41, 5.74) is 0. The summed E-state index contributed by atoms with van der Waals surface area (Å²) in [5.74, 6) is -1.47. The van der Waals surface area contributed by atoms with E-state index < -0.39 is 11.9 Å². The van der Waals surface area contributed by atoms with Gasteiger partial charge in [-0.2, -0.15) is 0 Å². The monoisotopic (exact) mass is 270 g/mol. The van der Waals surface area contributed by atoms with Crippen LogP contribution in [0.15, 0.2) is 0 Å². The van der Waals surface area contributed by atoms with Crippen molar-refractivity contribution in [2.75, 3.05) is 20.6 Å². The molecule has 1 rings (SSSR count). The average Bonchev–Trinajstić information content (AvgIpc) is 2.76. The Hall–Kier alpha value is -1.10. The van der Waals surface area contributed by atoms with Crippen molar-refractivity contribution < 1.29 is 14.7 Å². The normalized spacial score (nSPS) is 24.7. The van der Waals surface area contributed by atoms with Crippen LogP contribution >= 0.6 is 0 Å². The topological polar surface area (TPSA) is 69.6 Å². The Morgan fingerprint density at radius 1 is 1.26 bits per heavy atom. The van der Waals surface area contributed by atoms with Crippen molar-refractivity contribution in [2.45, 2.75) is 39.2 Å². The molecule has 1 aliphatic carbocycles. The molecule has 0 bridgehead atoms. The molecule has 5 heteroatoms. The third-order valence-corrected chi connectivity index (χ3v) is 3.86. The molecule has 0 aromatic heterocycles. The molecular weight excluding hydrogens is 244 g/mol. The van der Waals surface area contributed by atoms with Crippen molar-refractivity contribution in [1.82, 2.24) is 10.2 Å². The van der Waals surface area contributed by atoms with E-state index in [-0.39, 0.29) is 17.9 Å². The van der Waals surface area contributed by atoms with Crippen LogP contribution in [0.25, 0.3) is 0 Å². The number of amides is 1. The van der Waals surface area contributed by atoms with Crippen LogP contribution in [0.5, 0.6) is 0 Å². The molecule has 19 heavy (non-hydrogen) atoms. The second-order valence-corrected chi connectivity index (χ2v) is 6.10. The van der Waals surface area contributed by atoms with Gasteiger partial charge < -0.3 is 15.3 Å². The fourth-order valence-corrected chi connectivity index (χ4v) is 2.68. The predicted octanol–water partition coefficient (Wildman–Crippen LogP) is 1.19. The Bertz CT molecular complexity index is 329. The van der Waals surface area contributed by atoms with Crippen molar-refractivity contribution >= 4 is 11.9 Å². The van der Waals surface area contributed by atoms with Crippen molar-refractivity contribution in [3.63, 3.8) is 0 Å². The van der Waals surface area contributed by atoms with Gasteiger partial charge in [0, 0.05) is 12.6 Å². The molecular formula is C14H26N2O3. The van der Waals surface area contributed by atoms with Crippen LogP contribution in [0, 0.1) is 17.8 Å². The minimum Gasteiger partial charge on any atom is -0.481 e. The molecule has 1 amide bonds. The first kappa shape index (κ1) is 16.0. The number of carbonyl (C=O) groups is 2. The molecule has 1 aliphatic rings. The van der Waals surface area contributed by atoms with Crippen LogP contribution in [0.1, 0.15) is 33.1 Å². The van der Waals surface area contributed by atoms with Crippen LogP contribution < -0.4 is 5.32 Å². The van der Waals surface area contributed by atoms with Gasteiger partial charge in [0.2, 0.25) is 5.91 Å². The average molecular weight is 270 g/mol. The molecule has 2 N–H and O–H groups in total. The zero-order valence-electron chi connectivity index (χ0n) is 12.3. The van der Waals surface area contributed by atoms with E-state index in [9.17, 15) is 9.59 Å². The lowest BCUT2D eigenvalue weighted by Gasteiger charge is -2.27. The van der Waals surface area contributed by atoms with Gasteiger partial charge in [-0.1, -0.05) is 20.3 Å². The lowest BCUT2D eigenvalue weighted by molar-refractivity contribution is -0.146. The van der Waals surface area contributed by atoms with E-state index >= 15 is 0 Å². The molecule has 0 spiro atoms. The van der Waals surface area contributed by atoms with Gasteiger partial charge in [0.1, 0.15) is 0 Å². The summed E-state index contributed by atoms with van der Waals surface area (Å²) < 4.78 is 0. The van der Waals surface area contributed by atoms with Crippen LogP contribution in [-0.2, 0) is 9.59 Å². The first-order chi connectivity index (χ1) is 8.82. The van der Waals surface area contributed by atoms with E-state index in [0.29, 0.717) is 18.8 Å². The predicted molar refractivity (Wildman–Crippen MR) is 73.8 cm³/mol. The molecule has 0 aromatic carbocycles. The van der Waals surface area contributed by atoms with E-state index in [1.807, 2.05) is 19.0 Å². The summed E-state index contributed by atoms with van der Waals surface area (Å²) in [4.78, 5) is 25.4. The molecule has 0 saturated heterocycles. The number of carbonyl (C=O) groups excluding carboxylic acids is 1. The maximum atomic E-state index is 12.3. The minimum absolute atomic E-state index is 0.0672. The smallest absolute Gasteiger partial charge is 0.307 e. The molecule has 3 unspecified atom stereocenters. The van der Waals surface area contributed by atoms with E-state index in [2.05, 4.69) is 19.2 Å². The third kappa shape index (κ3) is 4.49. The van der Waals surface area contributed by atoms with Gasteiger partial charge >= 0.3 is 5.97 Å². The third-order valence-electron chi connectivity index (χ3n) is 3.86. The number of likely N-dealkylation sites (N-methyl/N-ethyl adjacent to an activating group) is 1. The van der Waals surface area contributed by atoms with Gasteiger partial charge in [0.15, 0.2) is 0 Å². The Morgan fingerprint density at radius 3 is 2.32 bits per heavy atom. The summed E-state index contributed by atoms with van der Waals surface area (Å²) in [6.45, 7) is 4.91. The SMILES string of the molecule is CC(C)C(CN(C)C)NC(=O)C1CCCC1C(=O)O. The van der Waals surface area contributed by atoms with Crippen molar-refractivity contribution in [3.05, 3.63) is 0 Å². The second kappa shape index (κ2) is 6.89. The largest absolute Gasteiger partial charge is 0.481 e. The number of nitrogens with one attached hydrogen (secondary N) is 1. The van der Waals surface area contributed by atoms with Crippen molar-refractivity contribution in [1.29, 1.82) is 0 Å². The molecule has 1 saturated carbocycles. The molecule has 0 heterocycles. The Balaban J connectivity index is 2.63. The first-order valence-electron chi connectivity index (χ1n) is 7.00. The highest BCUT2D eigenvalue weighted by atomic mass is 16.4. The highest BCUT2D eigenvalue weighted by Crippen LogP contribution is 2.32. The maximum absolute atomic E-state index is 12.3. The molecule has 3 atom stereocenters. The van der Waals surface area contributed by atoms with Gasteiger partial charge in [-0.15, -0.1) is 0 Å². The lowest BCUT2D eigenvalue weighted by Crippen LogP contribution is -2.48. The quantitative estimate of drug-likeness (QED) is 0.760. The molecule has 110 valence electrons. The van der Waals surface area contributed by atoms with Gasteiger partial charge in [0.25, 0.3) is 0 Å². The van der Waals surface area contributed by atoms with E-state index in [1.54, 1.807) is 0 Å². The van der Waals surface area contributed by atoms with E-state index in [4.69, 9.17) is 5.11 Å². The number of rotatable bonds is 6. The van der Waals surface area contributed by atoms with Gasteiger partial charge in [-0.05, 0) is 32.9 Å². The van der Waals surface area contributed by atoms with E-state index in [0.717, 1.165) is 13.0 Å². The number of carboxylic acid groups (broad SMARTS) is 1. The van der Waals surface area contributed by atoms with Gasteiger partial charge in [-0.25, -0.2) is 0 Å². The summed E-state index contributed by atoms with van der Waals surface area (Å²) in [6.07, 6.45) is 2.14. The Labute approximate surface area is 115 Å². The number of nitrogens with zero attached hydrogens (tertiary/aromatic N) is 1. The second-order valence-electron chi connectivity index (χ2n) is 6.10. The molecule has 0 aromatic rings. The Kier molecular flexibility index (Phi) is 5.79. The van der Waals surface area contributed by atoms with Crippen LogP contribution in [-0.4, -0.2) is 48.6 Å². The van der Waals surface area contributed by atoms with Gasteiger partial charge in [0.05, 0.1) is 11.8 Å². The molecule has 0 radical (unpaired) electrons.